The molecule has 3 rings (SSSR count). The van der Waals surface area contributed by atoms with Crippen LogP contribution in [0.2, 0.25) is 0 Å². The molecular weight excluding hydrogens is 359 g/mol. The van der Waals surface area contributed by atoms with Crippen molar-refractivity contribution in [2.24, 2.45) is 22.7 Å². The van der Waals surface area contributed by atoms with Crippen molar-refractivity contribution in [3.05, 3.63) is 0 Å². The van der Waals surface area contributed by atoms with Crippen LogP contribution in [0.5, 0.6) is 0 Å². The van der Waals surface area contributed by atoms with Crippen LogP contribution in [0.25, 0.3) is 0 Å². The fourth-order valence-corrected chi connectivity index (χ4v) is 6.69. The van der Waals surface area contributed by atoms with Crippen LogP contribution in [-0.4, -0.2) is 51.8 Å². The van der Waals surface area contributed by atoms with Gasteiger partial charge >= 0.3 is 29.6 Å². The molecule has 1 spiro atoms. The van der Waals surface area contributed by atoms with Gasteiger partial charge < -0.3 is 30.0 Å². The van der Waals surface area contributed by atoms with Crippen LogP contribution in [0.1, 0.15) is 65.7 Å². The molecule has 0 aromatic rings. The van der Waals surface area contributed by atoms with Crippen molar-refractivity contribution in [2.45, 2.75) is 83.0 Å². The average Bonchev–Trinajstić information content (AvgIpc) is 2.98. The van der Waals surface area contributed by atoms with Crippen LogP contribution in [0.15, 0.2) is 0 Å². The number of hydrogen-bond donors (Lipinski definition) is 3. The fraction of sp³-hybridized carbons (Fsp3) is 0.950. The maximum atomic E-state index is 11.3. The Kier molecular flexibility index (Phi) is 6.87. The summed E-state index contributed by atoms with van der Waals surface area (Å²) in [7, 11) is 0. The van der Waals surface area contributed by atoms with E-state index in [2.05, 4.69) is 13.8 Å². The van der Waals surface area contributed by atoms with Crippen molar-refractivity contribution in [1.29, 1.82) is 0 Å². The van der Waals surface area contributed by atoms with Gasteiger partial charge in [0.05, 0.1) is 30.5 Å². The van der Waals surface area contributed by atoms with Crippen molar-refractivity contribution in [3.8, 4) is 0 Å². The third-order valence-corrected chi connectivity index (χ3v) is 8.36. The molecule has 7 heteroatoms. The van der Waals surface area contributed by atoms with Gasteiger partial charge in [-0.1, -0.05) is 20.8 Å². The van der Waals surface area contributed by atoms with Gasteiger partial charge in [-0.3, -0.25) is 0 Å². The first kappa shape index (κ1) is 23.6. The van der Waals surface area contributed by atoms with Crippen molar-refractivity contribution in [2.75, 3.05) is 13.2 Å². The van der Waals surface area contributed by atoms with Gasteiger partial charge in [-0.05, 0) is 50.4 Å². The van der Waals surface area contributed by atoms with Gasteiger partial charge in [0.25, 0.3) is 0 Å². The summed E-state index contributed by atoms with van der Waals surface area (Å²) in [5.41, 5.74) is -2.53. The molecule has 2 saturated carbocycles. The number of carbonyl (C=O) groups excluding carboxylic acids is 1. The van der Waals surface area contributed by atoms with E-state index in [0.717, 1.165) is 19.3 Å². The second-order valence-corrected chi connectivity index (χ2v) is 9.55. The SMILES string of the molecule is C[C@@H]1CCC2[C@](C)(CO)[C@@H](O)CC[C@]2(C)[C@@]12CC[C@@](CO)(CC(=O)[O-])O2.[Na+]. The van der Waals surface area contributed by atoms with E-state index in [0.29, 0.717) is 19.3 Å². The van der Waals surface area contributed by atoms with E-state index >= 15 is 0 Å². The smallest absolute Gasteiger partial charge is 0.550 e. The van der Waals surface area contributed by atoms with Gasteiger partial charge in [-0.25, -0.2) is 0 Å². The summed E-state index contributed by atoms with van der Waals surface area (Å²) in [6, 6.07) is 0. The first-order chi connectivity index (χ1) is 12.1. The predicted octanol–water partition coefficient (Wildman–Crippen LogP) is -2.38. The topological polar surface area (TPSA) is 110 Å². The molecule has 3 fully saturated rings. The largest absolute Gasteiger partial charge is 1.00 e. The molecule has 0 aromatic heterocycles. The predicted molar refractivity (Wildman–Crippen MR) is 92.9 cm³/mol. The van der Waals surface area contributed by atoms with E-state index in [1.165, 1.54) is 0 Å². The molecule has 0 amide bonds. The molecule has 27 heavy (non-hydrogen) atoms. The zero-order valence-corrected chi connectivity index (χ0v) is 19.2. The van der Waals surface area contributed by atoms with Crippen LogP contribution >= 0.6 is 0 Å². The van der Waals surface area contributed by atoms with Crippen molar-refractivity contribution >= 4 is 5.97 Å². The number of carboxylic acids is 1. The summed E-state index contributed by atoms with van der Waals surface area (Å²) in [5.74, 6) is -0.907. The molecule has 6 nitrogen and oxygen atoms in total. The van der Waals surface area contributed by atoms with Crippen molar-refractivity contribution in [1.82, 2.24) is 0 Å². The van der Waals surface area contributed by atoms with Crippen LogP contribution in [0.3, 0.4) is 0 Å². The van der Waals surface area contributed by atoms with Crippen LogP contribution in [0, 0.1) is 22.7 Å². The summed E-state index contributed by atoms with van der Waals surface area (Å²) in [6.07, 6.45) is 3.48. The summed E-state index contributed by atoms with van der Waals surface area (Å²) in [4.78, 5) is 11.3. The molecule has 0 radical (unpaired) electrons. The molecular formula is C20H33NaO6. The first-order valence-electron chi connectivity index (χ1n) is 9.89. The zero-order valence-electron chi connectivity index (χ0n) is 17.2. The summed E-state index contributed by atoms with van der Waals surface area (Å²) < 4.78 is 6.56. The number of aliphatic carboxylic acids is 1. The number of carboxylic acid groups (broad SMARTS) is 1. The number of ether oxygens (including phenoxy) is 1. The quantitative estimate of drug-likeness (QED) is 0.461. The van der Waals surface area contributed by atoms with Crippen molar-refractivity contribution in [3.63, 3.8) is 0 Å². The second-order valence-electron chi connectivity index (χ2n) is 9.55. The van der Waals surface area contributed by atoms with E-state index in [1.54, 1.807) is 0 Å². The molecule has 2 aliphatic carbocycles. The Bertz CT molecular complexity index is 573. The van der Waals surface area contributed by atoms with Gasteiger partial charge in [-0.2, -0.15) is 0 Å². The maximum Gasteiger partial charge on any atom is 1.00 e. The van der Waals surface area contributed by atoms with Crippen molar-refractivity contribution < 1.29 is 59.5 Å². The monoisotopic (exact) mass is 392 g/mol. The Morgan fingerprint density at radius 1 is 1.11 bits per heavy atom. The fourth-order valence-electron chi connectivity index (χ4n) is 6.69. The Labute approximate surface area is 184 Å². The van der Waals surface area contributed by atoms with Gasteiger partial charge in [0.1, 0.15) is 0 Å². The van der Waals surface area contributed by atoms with E-state index in [-0.39, 0.29) is 66.4 Å². The molecule has 150 valence electrons. The van der Waals surface area contributed by atoms with Gasteiger partial charge in [0.15, 0.2) is 0 Å². The first-order valence-corrected chi connectivity index (χ1v) is 9.89. The average molecular weight is 392 g/mol. The summed E-state index contributed by atoms with van der Waals surface area (Å²) >= 11 is 0. The summed E-state index contributed by atoms with van der Waals surface area (Å²) in [5, 5.41) is 41.9. The third-order valence-electron chi connectivity index (χ3n) is 8.36. The van der Waals surface area contributed by atoms with Gasteiger partial charge in [0, 0.05) is 23.2 Å². The molecule has 1 heterocycles. The minimum absolute atomic E-state index is 0. The molecule has 7 atom stereocenters. The standard InChI is InChI=1S/C20H34O6.Na/c1-13-4-5-14-17(2,11-21)15(23)6-7-18(14,3)20(13)9-8-19(12-22,26-20)10-16(24)25;/h13-15,21-23H,4-12H2,1-3H3,(H,24,25);/q;+1/p-1/t13-,14?,15+,17+,18+,19+,20-;/m1./s1. The second kappa shape index (κ2) is 7.86. The number of rotatable bonds is 4. The van der Waals surface area contributed by atoms with Crippen LogP contribution < -0.4 is 34.7 Å². The Morgan fingerprint density at radius 2 is 1.78 bits per heavy atom. The minimum Gasteiger partial charge on any atom is -0.550 e. The normalized spacial score (nSPS) is 49.5. The number of hydrogen-bond acceptors (Lipinski definition) is 6. The van der Waals surface area contributed by atoms with Gasteiger partial charge in [-0.15, -0.1) is 0 Å². The van der Waals surface area contributed by atoms with E-state index in [4.69, 9.17) is 4.74 Å². The summed E-state index contributed by atoms with van der Waals surface area (Å²) in [6.45, 7) is 5.87. The third kappa shape index (κ3) is 3.33. The molecule has 1 unspecified atom stereocenters. The molecule has 3 aliphatic rings. The number of aliphatic hydroxyl groups is 3. The van der Waals surface area contributed by atoms with Crippen LogP contribution in [-0.2, 0) is 9.53 Å². The number of fused-ring (bicyclic) bond motifs is 2. The minimum atomic E-state index is -1.21. The molecule has 0 bridgehead atoms. The van der Waals surface area contributed by atoms with E-state index < -0.39 is 28.7 Å². The number of carbonyl (C=O) groups is 1. The van der Waals surface area contributed by atoms with E-state index in [1.807, 2.05) is 6.92 Å². The Balaban J connectivity index is 0.00000261. The number of aliphatic hydroxyl groups excluding tert-OH is 3. The van der Waals surface area contributed by atoms with E-state index in [9.17, 15) is 25.2 Å². The van der Waals surface area contributed by atoms with Gasteiger partial charge in [0.2, 0.25) is 0 Å². The molecule has 1 aliphatic heterocycles. The molecule has 1 saturated heterocycles. The zero-order chi connectivity index (χ0) is 19.4. The maximum absolute atomic E-state index is 11.3. The van der Waals surface area contributed by atoms with Crippen LogP contribution in [0.4, 0.5) is 0 Å². The molecule has 3 N–H and O–H groups in total. The molecule has 0 aromatic carbocycles. The Morgan fingerprint density at radius 3 is 2.33 bits per heavy atom. The Hall–Kier alpha value is 0.310.